The maximum atomic E-state index is 14.5. The molecule has 342 valence electrons. The van der Waals surface area contributed by atoms with Crippen molar-refractivity contribution in [2.24, 2.45) is 23.7 Å². The molecular weight excluding hydrogens is 781 g/mol. The molecule has 15 nitrogen and oxygen atoms in total. The van der Waals surface area contributed by atoms with Crippen molar-refractivity contribution in [1.82, 2.24) is 30.2 Å². The zero-order valence-corrected chi connectivity index (χ0v) is 38.8. The highest BCUT2D eigenvalue weighted by Gasteiger charge is 2.61. The number of esters is 1. The van der Waals surface area contributed by atoms with Gasteiger partial charge >= 0.3 is 12.1 Å². The monoisotopic (exact) mass is 855 g/mol. The second kappa shape index (κ2) is 20.4. The summed E-state index contributed by atoms with van der Waals surface area (Å²) in [6.07, 6.45) is 1.20. The average molecular weight is 855 g/mol. The van der Waals surface area contributed by atoms with Crippen LogP contribution in [0.5, 0.6) is 0 Å². The Morgan fingerprint density at radius 2 is 1.75 bits per heavy atom. The van der Waals surface area contributed by atoms with E-state index in [1.54, 1.807) is 26.0 Å². The molecule has 0 aliphatic carbocycles. The number of aliphatic hydroxyl groups is 1. The smallest absolute Gasteiger partial charge is 0.425 e. The van der Waals surface area contributed by atoms with E-state index in [-0.39, 0.29) is 36.1 Å². The van der Waals surface area contributed by atoms with Crippen molar-refractivity contribution in [3.63, 3.8) is 0 Å². The molecule has 3 fully saturated rings. The summed E-state index contributed by atoms with van der Waals surface area (Å²) in [7, 11) is 5.42. The summed E-state index contributed by atoms with van der Waals surface area (Å²) in [6, 6.07) is 8.96. The van der Waals surface area contributed by atoms with Crippen molar-refractivity contribution < 1.29 is 43.2 Å². The van der Waals surface area contributed by atoms with Gasteiger partial charge in [0.2, 0.25) is 0 Å². The highest BCUT2D eigenvalue weighted by Crippen LogP contribution is 2.43. The number of hydrogen-bond acceptors (Lipinski definition) is 13. The number of benzene rings is 1. The Kier molecular flexibility index (Phi) is 16.2. The quantitative estimate of drug-likeness (QED) is 0.133. The molecule has 15 heteroatoms. The number of likely N-dealkylation sites (N-methyl/N-ethyl adjacent to an activating group) is 1. The van der Waals surface area contributed by atoms with Gasteiger partial charge in [-0.25, -0.2) is 20.2 Å². The third kappa shape index (κ3) is 10.7. The Hall–Kier alpha value is -3.44. The van der Waals surface area contributed by atoms with Crippen LogP contribution in [0.3, 0.4) is 0 Å². The van der Waals surface area contributed by atoms with Gasteiger partial charge in [-0.05, 0) is 79.3 Å². The van der Waals surface area contributed by atoms with Crippen LogP contribution in [-0.4, -0.2) is 136 Å². The molecule has 0 spiro atoms. The molecule has 1 amide bonds. The third-order valence-electron chi connectivity index (χ3n) is 13.5. The molecule has 5 rings (SSSR count). The van der Waals surface area contributed by atoms with E-state index >= 15 is 0 Å². The number of ether oxygens (including phenoxy) is 5. The van der Waals surface area contributed by atoms with Gasteiger partial charge in [-0.3, -0.25) is 9.59 Å². The van der Waals surface area contributed by atoms with Crippen LogP contribution in [0.2, 0.25) is 0 Å². The lowest BCUT2D eigenvalue weighted by atomic mass is 9.71. The maximum absolute atomic E-state index is 14.5. The van der Waals surface area contributed by atoms with Gasteiger partial charge in [0.05, 0.1) is 35.9 Å². The van der Waals surface area contributed by atoms with Crippen LogP contribution in [0, 0.1) is 23.7 Å². The standard InChI is InChI=1S/C46H74N6O9/c1-14-36-46(10)40(52(44(56)61-46)48-21-18-22-51-25-34(47-26-51)33-19-16-15-17-20-33)30(6)37(49-27(2)3)28(4)24-45(9,57-13)41(31(7)38(53)32(8)42(55)59-36)60-43-39(54)35(50(11)12)23-29(5)58-43/h15-17,19-20,25-32,35-37,39-41,43,48-49,54H,14,18,21-24H2,1-13H3/t28-,29-,30-,31+,32-,35+,36+,37?,39-,40-,41-,43+,45+,46-/m1/s1. The number of carbonyl (C=O) groups excluding carboxylic acids is 3. The number of Topliss-reactive ketones (excluding diaryl/α,β-unsaturated/α-hetero) is 1. The number of imidazole rings is 1. The summed E-state index contributed by atoms with van der Waals surface area (Å²) < 4.78 is 34.1. The Morgan fingerprint density at radius 1 is 1.07 bits per heavy atom. The number of rotatable bonds is 13. The molecule has 2 aromatic rings. The van der Waals surface area contributed by atoms with Crippen molar-refractivity contribution in [1.29, 1.82) is 0 Å². The fraction of sp³-hybridized carbons (Fsp3) is 0.739. The average Bonchev–Trinajstić information content (AvgIpc) is 3.80. The van der Waals surface area contributed by atoms with E-state index in [2.05, 4.69) is 43.4 Å². The van der Waals surface area contributed by atoms with E-state index in [1.807, 2.05) is 94.1 Å². The first-order valence-corrected chi connectivity index (χ1v) is 22.3. The number of amides is 1. The number of aryl methyl sites for hydroxylation is 1. The van der Waals surface area contributed by atoms with Gasteiger partial charge in [0.1, 0.15) is 18.1 Å². The lowest BCUT2D eigenvalue weighted by Gasteiger charge is -2.48. The topological polar surface area (TPSA) is 166 Å². The molecule has 1 unspecified atom stereocenters. The molecule has 61 heavy (non-hydrogen) atoms. The number of hydrogen-bond donors (Lipinski definition) is 3. The van der Waals surface area contributed by atoms with Crippen LogP contribution in [0.25, 0.3) is 11.3 Å². The van der Waals surface area contributed by atoms with Crippen LogP contribution in [0.4, 0.5) is 4.79 Å². The minimum absolute atomic E-state index is 0.0488. The molecule has 3 aliphatic rings. The van der Waals surface area contributed by atoms with Crippen LogP contribution in [0.1, 0.15) is 94.9 Å². The largest absolute Gasteiger partial charge is 0.458 e. The molecule has 14 atom stereocenters. The van der Waals surface area contributed by atoms with Gasteiger partial charge in [-0.2, -0.15) is 0 Å². The van der Waals surface area contributed by atoms with Gasteiger partial charge in [-0.15, -0.1) is 0 Å². The Labute approximate surface area is 363 Å². The molecule has 3 saturated heterocycles. The molecule has 1 aromatic carbocycles. The highest BCUT2D eigenvalue weighted by molar-refractivity contribution is 6.00. The number of nitrogens with zero attached hydrogens (tertiary/aromatic N) is 4. The summed E-state index contributed by atoms with van der Waals surface area (Å²) in [5, 5.41) is 17.0. The third-order valence-corrected chi connectivity index (χ3v) is 13.5. The predicted octanol–water partition coefficient (Wildman–Crippen LogP) is 5.45. The number of hydrazine groups is 1. The lowest BCUT2D eigenvalue weighted by molar-refractivity contribution is -0.295. The van der Waals surface area contributed by atoms with Gasteiger partial charge in [0.15, 0.2) is 17.7 Å². The molecule has 4 heterocycles. The zero-order chi connectivity index (χ0) is 45.0. The fourth-order valence-corrected chi connectivity index (χ4v) is 10.1. The van der Waals surface area contributed by atoms with Crippen LogP contribution in [0.15, 0.2) is 42.9 Å². The summed E-state index contributed by atoms with van der Waals surface area (Å²) in [5.41, 5.74) is 2.94. The number of aliphatic hydroxyl groups excluding tert-OH is 1. The van der Waals surface area contributed by atoms with Crippen molar-refractivity contribution in [3.05, 3.63) is 42.9 Å². The van der Waals surface area contributed by atoms with Crippen LogP contribution < -0.4 is 10.7 Å². The van der Waals surface area contributed by atoms with Crippen molar-refractivity contribution in [3.8, 4) is 11.3 Å². The van der Waals surface area contributed by atoms with E-state index in [0.29, 0.717) is 38.8 Å². The van der Waals surface area contributed by atoms with Crippen molar-refractivity contribution >= 4 is 17.8 Å². The number of cyclic esters (lactones) is 1. The van der Waals surface area contributed by atoms with Gasteiger partial charge in [-0.1, -0.05) is 71.9 Å². The number of aromatic nitrogens is 2. The molecule has 0 saturated carbocycles. The molecular formula is C46H74N6O9. The van der Waals surface area contributed by atoms with E-state index in [1.165, 1.54) is 0 Å². The van der Waals surface area contributed by atoms with E-state index < -0.39 is 71.5 Å². The van der Waals surface area contributed by atoms with Crippen LogP contribution >= 0.6 is 0 Å². The Bertz CT molecular complexity index is 1760. The van der Waals surface area contributed by atoms with Gasteiger partial charge in [0, 0.05) is 56.0 Å². The van der Waals surface area contributed by atoms with E-state index in [4.69, 9.17) is 23.7 Å². The first-order chi connectivity index (χ1) is 28.8. The predicted molar refractivity (Wildman–Crippen MR) is 232 cm³/mol. The summed E-state index contributed by atoms with van der Waals surface area (Å²) in [4.78, 5) is 49.3. The maximum Gasteiger partial charge on any atom is 0.425 e. The Morgan fingerprint density at radius 3 is 2.38 bits per heavy atom. The SMILES string of the molecule is CC[C@@H]1OC(=O)[C@H](C)C(=O)[C@H](C)[C@@H](O[C@@H]2O[C@H](C)C[C@H](N(C)C)[C@H]2O)[C@@](C)(OC)C[C@@H](C)C(NC(C)C)[C@@H](C)[C@H]2N(NCCCn3cnc(-c4ccccc4)c3)C(=O)O[C@]12C. The first kappa shape index (κ1) is 48.6. The van der Waals surface area contributed by atoms with Crippen LogP contribution in [-0.2, 0) is 39.8 Å². The minimum atomic E-state index is -1.29. The first-order valence-electron chi connectivity index (χ1n) is 22.3. The van der Waals surface area contributed by atoms with Gasteiger partial charge in [0.25, 0.3) is 0 Å². The number of ketones is 1. The van der Waals surface area contributed by atoms with Crippen molar-refractivity contribution in [2.75, 3.05) is 27.7 Å². The second-order valence-electron chi connectivity index (χ2n) is 18.8. The van der Waals surface area contributed by atoms with Gasteiger partial charge < -0.3 is 43.6 Å². The number of methoxy groups -OCH3 is 1. The number of fused-ring (bicyclic) bond motifs is 1. The molecule has 0 radical (unpaired) electrons. The Balaban J connectivity index is 1.49. The second-order valence-corrected chi connectivity index (χ2v) is 18.8. The van der Waals surface area contributed by atoms with Crippen molar-refractivity contribution in [2.45, 2.75) is 168 Å². The molecule has 3 aliphatic heterocycles. The molecule has 0 bridgehead atoms. The van der Waals surface area contributed by atoms with E-state index in [9.17, 15) is 19.5 Å². The fourth-order valence-electron chi connectivity index (χ4n) is 10.1. The normalized spacial score (nSPS) is 36.8. The highest BCUT2D eigenvalue weighted by atomic mass is 16.7. The summed E-state index contributed by atoms with van der Waals surface area (Å²) in [6.45, 7) is 20.4. The molecule has 1 aromatic heterocycles. The summed E-state index contributed by atoms with van der Waals surface area (Å²) in [5.74, 6) is -3.58. The zero-order valence-electron chi connectivity index (χ0n) is 38.8. The number of carbonyl (C=O) groups is 3. The van der Waals surface area contributed by atoms with E-state index in [0.717, 1.165) is 11.3 Å². The summed E-state index contributed by atoms with van der Waals surface area (Å²) >= 11 is 0. The number of nitrogens with one attached hydrogen (secondary N) is 2. The minimum Gasteiger partial charge on any atom is -0.458 e. The molecule has 3 N–H and O–H groups in total. The lowest BCUT2D eigenvalue weighted by Crippen LogP contribution is -2.64.